The third kappa shape index (κ3) is 3.26. The van der Waals surface area contributed by atoms with Crippen molar-refractivity contribution in [3.8, 4) is 11.1 Å². The Morgan fingerprint density at radius 3 is 2.09 bits per heavy atom. The van der Waals surface area contributed by atoms with Crippen molar-refractivity contribution in [1.29, 1.82) is 0 Å². The molecule has 2 heteroatoms. The van der Waals surface area contributed by atoms with Gasteiger partial charge in [-0.1, -0.05) is 65.0 Å². The van der Waals surface area contributed by atoms with E-state index in [1.807, 2.05) is 6.20 Å². The fourth-order valence-electron chi connectivity index (χ4n) is 2.65. The van der Waals surface area contributed by atoms with Crippen molar-refractivity contribution in [3.05, 3.63) is 59.9 Å². The molecule has 0 fully saturated rings. The summed E-state index contributed by atoms with van der Waals surface area (Å²) in [7, 11) is 0. The first-order valence-electron chi connectivity index (χ1n) is 8.22. The lowest BCUT2D eigenvalue weighted by Gasteiger charge is -2.19. The molecule has 1 heterocycles. The molecule has 0 radical (unpaired) electrons. The van der Waals surface area contributed by atoms with Crippen molar-refractivity contribution in [2.75, 3.05) is 0 Å². The average molecular weight is 304 g/mol. The van der Waals surface area contributed by atoms with Gasteiger partial charge in [0.05, 0.1) is 16.7 Å². The van der Waals surface area contributed by atoms with Gasteiger partial charge in [0, 0.05) is 6.20 Å². The van der Waals surface area contributed by atoms with E-state index in [0.717, 1.165) is 16.7 Å². The number of hydrogen-bond donors (Lipinski definition) is 0. The number of aromatic nitrogens is 2. The Labute approximate surface area is 138 Å². The normalized spacial score (nSPS) is 12.1. The predicted octanol–water partition coefficient (Wildman–Crippen LogP) is 5.72. The molecule has 3 rings (SSSR count). The molecule has 118 valence electrons. The van der Waals surface area contributed by atoms with Gasteiger partial charge in [0.2, 0.25) is 0 Å². The fraction of sp³-hybridized carbons (Fsp3) is 0.333. The summed E-state index contributed by atoms with van der Waals surface area (Å²) >= 11 is 0. The van der Waals surface area contributed by atoms with Crippen LogP contribution in [0.25, 0.3) is 22.2 Å². The summed E-state index contributed by atoms with van der Waals surface area (Å²) in [5.41, 5.74) is 6.89. The third-order valence-electron chi connectivity index (χ3n) is 4.24. The zero-order valence-electron chi connectivity index (χ0n) is 14.6. The monoisotopic (exact) mass is 304 g/mol. The highest BCUT2D eigenvalue weighted by Gasteiger charge is 2.13. The van der Waals surface area contributed by atoms with Gasteiger partial charge >= 0.3 is 0 Å². The quantitative estimate of drug-likeness (QED) is 0.605. The second-order valence-corrected chi connectivity index (χ2v) is 7.48. The Balaban J connectivity index is 1.98. The highest BCUT2D eigenvalue weighted by Crippen LogP contribution is 2.27. The van der Waals surface area contributed by atoms with Gasteiger partial charge in [0.15, 0.2) is 0 Å². The molecule has 0 saturated carbocycles. The maximum Gasteiger partial charge on any atom is 0.0893 e. The predicted molar refractivity (Wildman–Crippen MR) is 97.8 cm³/mol. The van der Waals surface area contributed by atoms with Gasteiger partial charge in [-0.05, 0) is 40.2 Å². The van der Waals surface area contributed by atoms with Crippen molar-refractivity contribution in [1.82, 2.24) is 9.97 Å². The minimum atomic E-state index is 0.181. The van der Waals surface area contributed by atoms with Crippen LogP contribution >= 0.6 is 0 Å². The first-order valence-corrected chi connectivity index (χ1v) is 8.22. The summed E-state index contributed by atoms with van der Waals surface area (Å²) < 4.78 is 0. The van der Waals surface area contributed by atoms with Crippen LogP contribution in [0.1, 0.15) is 51.8 Å². The standard InChI is InChI=1S/C21H24N2/c1-14(2)20-13-22-19-12-16(8-11-18(19)23-20)15-6-9-17(10-7-15)21(3,4)5/h6-14H,1-5H3. The zero-order chi connectivity index (χ0) is 16.6. The molecule has 0 bridgehead atoms. The van der Waals surface area contributed by atoms with Crippen LogP contribution in [0.5, 0.6) is 0 Å². The Bertz CT molecular complexity index is 825. The highest BCUT2D eigenvalue weighted by atomic mass is 14.8. The molecule has 0 amide bonds. The molecular weight excluding hydrogens is 280 g/mol. The van der Waals surface area contributed by atoms with Crippen LogP contribution < -0.4 is 0 Å². The van der Waals surface area contributed by atoms with Gasteiger partial charge in [-0.3, -0.25) is 4.98 Å². The minimum absolute atomic E-state index is 0.181. The Hall–Kier alpha value is -2.22. The molecule has 0 aliphatic rings. The lowest BCUT2D eigenvalue weighted by atomic mass is 9.86. The third-order valence-corrected chi connectivity index (χ3v) is 4.24. The molecule has 0 N–H and O–H groups in total. The summed E-state index contributed by atoms with van der Waals surface area (Å²) in [6, 6.07) is 15.1. The van der Waals surface area contributed by atoms with E-state index in [2.05, 4.69) is 82.1 Å². The van der Waals surface area contributed by atoms with Crippen LogP contribution in [0.15, 0.2) is 48.7 Å². The topological polar surface area (TPSA) is 25.8 Å². The second kappa shape index (κ2) is 5.77. The van der Waals surface area contributed by atoms with E-state index in [4.69, 9.17) is 4.98 Å². The van der Waals surface area contributed by atoms with Crippen molar-refractivity contribution >= 4 is 11.0 Å². The number of hydrogen-bond acceptors (Lipinski definition) is 2. The Morgan fingerprint density at radius 2 is 1.48 bits per heavy atom. The summed E-state index contributed by atoms with van der Waals surface area (Å²) in [5.74, 6) is 0.400. The van der Waals surface area contributed by atoms with Crippen molar-refractivity contribution < 1.29 is 0 Å². The van der Waals surface area contributed by atoms with Crippen LogP contribution in [0.4, 0.5) is 0 Å². The molecule has 0 atom stereocenters. The van der Waals surface area contributed by atoms with Gasteiger partial charge in [0.1, 0.15) is 0 Å². The van der Waals surface area contributed by atoms with E-state index in [1.165, 1.54) is 16.7 Å². The molecule has 0 aliphatic heterocycles. The van der Waals surface area contributed by atoms with E-state index >= 15 is 0 Å². The lowest BCUT2D eigenvalue weighted by Crippen LogP contribution is -2.10. The summed E-state index contributed by atoms with van der Waals surface area (Å²) in [5, 5.41) is 0. The molecule has 1 aromatic heterocycles. The number of fused-ring (bicyclic) bond motifs is 1. The molecule has 0 aliphatic carbocycles. The van der Waals surface area contributed by atoms with Gasteiger partial charge in [-0.2, -0.15) is 0 Å². The maximum absolute atomic E-state index is 4.69. The van der Waals surface area contributed by atoms with Gasteiger partial charge in [-0.25, -0.2) is 4.98 Å². The van der Waals surface area contributed by atoms with E-state index < -0.39 is 0 Å². The fourth-order valence-corrected chi connectivity index (χ4v) is 2.65. The van der Waals surface area contributed by atoms with Crippen molar-refractivity contribution in [2.24, 2.45) is 0 Å². The summed E-state index contributed by atoms with van der Waals surface area (Å²) in [4.78, 5) is 9.28. The second-order valence-electron chi connectivity index (χ2n) is 7.48. The van der Waals surface area contributed by atoms with Crippen molar-refractivity contribution in [2.45, 2.75) is 46.0 Å². The molecular formula is C21H24N2. The van der Waals surface area contributed by atoms with Gasteiger partial charge in [-0.15, -0.1) is 0 Å². The van der Waals surface area contributed by atoms with E-state index in [0.29, 0.717) is 5.92 Å². The number of nitrogens with zero attached hydrogens (tertiary/aromatic N) is 2. The first-order chi connectivity index (χ1) is 10.8. The largest absolute Gasteiger partial charge is 0.253 e. The van der Waals surface area contributed by atoms with Gasteiger partial charge in [0.25, 0.3) is 0 Å². The first kappa shape index (κ1) is 15.7. The minimum Gasteiger partial charge on any atom is -0.253 e. The van der Waals surface area contributed by atoms with Crippen LogP contribution in [-0.4, -0.2) is 9.97 Å². The lowest BCUT2D eigenvalue weighted by molar-refractivity contribution is 0.590. The SMILES string of the molecule is CC(C)c1cnc2cc(-c3ccc(C(C)(C)C)cc3)ccc2n1. The molecule has 2 aromatic carbocycles. The molecule has 3 aromatic rings. The zero-order valence-corrected chi connectivity index (χ0v) is 14.6. The van der Waals surface area contributed by atoms with Crippen molar-refractivity contribution in [3.63, 3.8) is 0 Å². The summed E-state index contributed by atoms with van der Waals surface area (Å²) in [6.07, 6.45) is 1.89. The molecule has 0 unspecified atom stereocenters. The van der Waals surface area contributed by atoms with Crippen LogP contribution in [0.3, 0.4) is 0 Å². The van der Waals surface area contributed by atoms with Crippen LogP contribution in [0, 0.1) is 0 Å². The Morgan fingerprint density at radius 1 is 0.826 bits per heavy atom. The van der Waals surface area contributed by atoms with E-state index in [1.54, 1.807) is 0 Å². The smallest absolute Gasteiger partial charge is 0.0893 e. The molecule has 23 heavy (non-hydrogen) atoms. The highest BCUT2D eigenvalue weighted by molar-refractivity contribution is 5.81. The average Bonchev–Trinajstić information content (AvgIpc) is 2.53. The number of benzene rings is 2. The van der Waals surface area contributed by atoms with Crippen LogP contribution in [0.2, 0.25) is 0 Å². The molecule has 2 nitrogen and oxygen atoms in total. The summed E-state index contributed by atoms with van der Waals surface area (Å²) in [6.45, 7) is 11.0. The van der Waals surface area contributed by atoms with E-state index in [9.17, 15) is 0 Å². The molecule has 0 spiro atoms. The molecule has 0 saturated heterocycles. The van der Waals surface area contributed by atoms with Crippen LogP contribution in [-0.2, 0) is 5.41 Å². The Kier molecular flexibility index (Phi) is 3.93. The van der Waals surface area contributed by atoms with E-state index in [-0.39, 0.29) is 5.41 Å². The van der Waals surface area contributed by atoms with Gasteiger partial charge < -0.3 is 0 Å². The number of rotatable bonds is 2. The maximum atomic E-state index is 4.69.